The van der Waals surface area contributed by atoms with Crippen LogP contribution in [0.3, 0.4) is 0 Å². The minimum atomic E-state index is -3.91. The van der Waals surface area contributed by atoms with Crippen LogP contribution >= 0.6 is 11.6 Å². The molecule has 124 valence electrons. The number of aryl methyl sites for hydroxylation is 1. The minimum absolute atomic E-state index is 0.165. The van der Waals surface area contributed by atoms with E-state index in [1.54, 1.807) is 6.20 Å². The van der Waals surface area contributed by atoms with Crippen LogP contribution in [0.15, 0.2) is 35.5 Å². The number of fused-ring (bicyclic) bond motifs is 1. The summed E-state index contributed by atoms with van der Waals surface area (Å²) in [6, 6.07) is 4.00. The zero-order valence-corrected chi connectivity index (χ0v) is 14.2. The lowest BCUT2D eigenvalue weighted by molar-refractivity contribution is 0.302. The molecule has 0 radical (unpaired) electrons. The summed E-state index contributed by atoms with van der Waals surface area (Å²) in [6.07, 6.45) is 5.32. The van der Waals surface area contributed by atoms with Gasteiger partial charge in [0.25, 0.3) is 0 Å². The van der Waals surface area contributed by atoms with Crippen LogP contribution in [0.4, 0.5) is 4.39 Å². The molecule has 5 nitrogen and oxygen atoms in total. The summed E-state index contributed by atoms with van der Waals surface area (Å²) in [7, 11) is -2.44. The highest BCUT2D eigenvalue weighted by molar-refractivity contribution is 7.89. The van der Waals surface area contributed by atoms with Gasteiger partial charge in [-0.1, -0.05) is 17.7 Å². The average molecular weight is 358 g/mol. The van der Waals surface area contributed by atoms with Gasteiger partial charge in [-0.05, 0) is 24.5 Å². The third-order valence-electron chi connectivity index (χ3n) is 4.15. The highest BCUT2D eigenvalue weighted by atomic mass is 35.5. The van der Waals surface area contributed by atoms with Gasteiger partial charge in [0.15, 0.2) is 5.82 Å². The summed E-state index contributed by atoms with van der Waals surface area (Å²) in [5.74, 6) is 0.285. The Morgan fingerprint density at radius 2 is 2.26 bits per heavy atom. The smallest absolute Gasteiger partial charge is 0.245 e. The normalized spacial score (nSPS) is 18.2. The molecule has 1 aliphatic heterocycles. The van der Waals surface area contributed by atoms with Crippen LogP contribution in [-0.2, 0) is 23.0 Å². The molecule has 0 aliphatic carbocycles. The molecule has 0 bridgehead atoms. The molecule has 8 heteroatoms. The van der Waals surface area contributed by atoms with Crippen LogP contribution in [0.25, 0.3) is 0 Å². The van der Waals surface area contributed by atoms with Gasteiger partial charge in [-0.3, -0.25) is 0 Å². The molecule has 0 saturated heterocycles. The van der Waals surface area contributed by atoms with Gasteiger partial charge >= 0.3 is 0 Å². The Hall–Kier alpha value is -1.44. The number of hydrogen-bond acceptors (Lipinski definition) is 3. The molecule has 1 aromatic carbocycles. The second-order valence-electron chi connectivity index (χ2n) is 5.74. The predicted octanol–water partition coefficient (Wildman–Crippen LogP) is 2.56. The van der Waals surface area contributed by atoms with E-state index in [2.05, 4.69) is 4.98 Å². The van der Waals surface area contributed by atoms with E-state index in [1.807, 2.05) is 10.8 Å². The van der Waals surface area contributed by atoms with Crippen molar-refractivity contribution in [1.82, 2.24) is 13.9 Å². The van der Waals surface area contributed by atoms with Gasteiger partial charge < -0.3 is 4.57 Å². The van der Waals surface area contributed by atoms with Gasteiger partial charge in [-0.2, -0.15) is 0 Å². The fourth-order valence-corrected chi connectivity index (χ4v) is 4.46. The highest BCUT2D eigenvalue weighted by Gasteiger charge is 2.29. The fourth-order valence-electron chi connectivity index (χ4n) is 2.90. The Labute approximate surface area is 139 Å². The third kappa shape index (κ3) is 3.13. The number of imidazole rings is 1. The molecule has 1 aliphatic rings. The van der Waals surface area contributed by atoms with Crippen LogP contribution in [-0.4, -0.2) is 35.9 Å². The van der Waals surface area contributed by atoms with Crippen LogP contribution in [0.2, 0.25) is 5.02 Å². The Balaban J connectivity index is 1.77. The van der Waals surface area contributed by atoms with Gasteiger partial charge in [0, 0.05) is 39.0 Å². The van der Waals surface area contributed by atoms with Gasteiger partial charge in [0.05, 0.1) is 5.02 Å². The standard InChI is InChI=1S/C15H17ClFN3O2S/c1-19(9-11-5-6-14-18-7-8-20(14)10-11)23(21,22)13-4-2-3-12(16)15(13)17/h2-4,7-8,11H,5-6,9-10H2,1H3/t11-/m1/s1. The summed E-state index contributed by atoms with van der Waals surface area (Å²) in [6.45, 7) is 1.04. The molecule has 1 aromatic heterocycles. The second kappa shape index (κ2) is 6.22. The Kier molecular flexibility index (Phi) is 4.44. The summed E-state index contributed by atoms with van der Waals surface area (Å²) in [4.78, 5) is 3.87. The summed E-state index contributed by atoms with van der Waals surface area (Å²) in [5.41, 5.74) is 0. The van der Waals surface area contributed by atoms with Crippen molar-refractivity contribution in [2.24, 2.45) is 5.92 Å². The maximum absolute atomic E-state index is 14.0. The van der Waals surface area contributed by atoms with Crippen molar-refractivity contribution in [2.45, 2.75) is 24.3 Å². The van der Waals surface area contributed by atoms with Gasteiger partial charge in [-0.15, -0.1) is 0 Å². The van der Waals surface area contributed by atoms with E-state index < -0.39 is 15.8 Å². The van der Waals surface area contributed by atoms with Crippen molar-refractivity contribution in [3.63, 3.8) is 0 Å². The van der Waals surface area contributed by atoms with Crippen molar-refractivity contribution in [3.05, 3.63) is 47.3 Å². The van der Waals surface area contributed by atoms with E-state index in [4.69, 9.17) is 11.6 Å². The van der Waals surface area contributed by atoms with Gasteiger partial charge in [0.1, 0.15) is 10.7 Å². The molecule has 3 rings (SSSR count). The molecule has 1 atom stereocenters. The summed E-state index contributed by atoms with van der Waals surface area (Å²) in [5, 5.41) is -0.194. The molecule has 23 heavy (non-hydrogen) atoms. The first-order chi connectivity index (χ1) is 10.9. The molecule has 2 aromatic rings. The summed E-state index contributed by atoms with van der Waals surface area (Å²) >= 11 is 5.69. The van der Waals surface area contributed by atoms with E-state index in [-0.39, 0.29) is 15.8 Å². The highest BCUT2D eigenvalue weighted by Crippen LogP contribution is 2.26. The van der Waals surface area contributed by atoms with E-state index in [9.17, 15) is 12.8 Å². The predicted molar refractivity (Wildman–Crippen MR) is 85.3 cm³/mol. The molecule has 0 N–H and O–H groups in total. The Morgan fingerprint density at radius 1 is 1.48 bits per heavy atom. The summed E-state index contributed by atoms with van der Waals surface area (Å²) < 4.78 is 42.4. The molecular weight excluding hydrogens is 341 g/mol. The van der Waals surface area contributed by atoms with E-state index in [0.29, 0.717) is 13.1 Å². The SMILES string of the molecule is CN(C[C@H]1CCc2nccn2C1)S(=O)(=O)c1cccc(Cl)c1F. The van der Waals surface area contributed by atoms with E-state index >= 15 is 0 Å². The zero-order valence-electron chi connectivity index (χ0n) is 12.6. The maximum atomic E-state index is 14.0. The minimum Gasteiger partial charge on any atom is -0.335 e. The van der Waals surface area contributed by atoms with Gasteiger partial charge in [0.2, 0.25) is 10.0 Å². The van der Waals surface area contributed by atoms with Crippen LogP contribution in [0.1, 0.15) is 12.2 Å². The number of nitrogens with zero attached hydrogens (tertiary/aromatic N) is 3. The average Bonchev–Trinajstić information content (AvgIpc) is 2.97. The lowest BCUT2D eigenvalue weighted by atomic mass is 10.00. The first-order valence-electron chi connectivity index (χ1n) is 7.30. The maximum Gasteiger partial charge on any atom is 0.245 e. The van der Waals surface area contributed by atoms with Crippen molar-refractivity contribution < 1.29 is 12.8 Å². The quantitative estimate of drug-likeness (QED) is 0.845. The molecule has 0 saturated carbocycles. The van der Waals surface area contributed by atoms with Crippen molar-refractivity contribution in [2.75, 3.05) is 13.6 Å². The van der Waals surface area contributed by atoms with Gasteiger partial charge in [-0.25, -0.2) is 22.1 Å². The number of sulfonamides is 1. The topological polar surface area (TPSA) is 55.2 Å². The molecule has 0 fully saturated rings. The molecule has 2 heterocycles. The lowest BCUT2D eigenvalue weighted by Crippen LogP contribution is -2.35. The van der Waals surface area contributed by atoms with Crippen molar-refractivity contribution in [1.29, 1.82) is 0 Å². The first kappa shape index (κ1) is 16.4. The zero-order chi connectivity index (χ0) is 16.6. The fraction of sp³-hybridized carbons (Fsp3) is 0.400. The number of aromatic nitrogens is 2. The monoisotopic (exact) mass is 357 g/mol. The van der Waals surface area contributed by atoms with Crippen LogP contribution in [0.5, 0.6) is 0 Å². The third-order valence-corrected chi connectivity index (χ3v) is 6.29. The number of halogens is 2. The first-order valence-corrected chi connectivity index (χ1v) is 9.11. The van der Waals surface area contributed by atoms with Crippen LogP contribution < -0.4 is 0 Å². The largest absolute Gasteiger partial charge is 0.335 e. The Morgan fingerprint density at radius 3 is 3.04 bits per heavy atom. The number of benzene rings is 1. The molecule has 0 unspecified atom stereocenters. The number of hydrogen-bond donors (Lipinski definition) is 0. The second-order valence-corrected chi connectivity index (χ2v) is 8.16. The molecule has 0 amide bonds. The lowest BCUT2D eigenvalue weighted by Gasteiger charge is -2.27. The van der Waals surface area contributed by atoms with E-state index in [0.717, 1.165) is 18.7 Å². The van der Waals surface area contributed by atoms with Crippen molar-refractivity contribution >= 4 is 21.6 Å². The van der Waals surface area contributed by atoms with Crippen molar-refractivity contribution in [3.8, 4) is 0 Å². The molecule has 0 spiro atoms. The van der Waals surface area contributed by atoms with E-state index in [1.165, 1.54) is 29.6 Å². The Bertz CT molecular complexity index is 822. The van der Waals surface area contributed by atoms with Crippen LogP contribution in [0, 0.1) is 11.7 Å². The molecular formula is C15H17ClFN3O2S. The number of rotatable bonds is 4.